The quantitative estimate of drug-likeness (QED) is 0.567. The van der Waals surface area contributed by atoms with Gasteiger partial charge in [-0.3, -0.25) is 0 Å². The van der Waals surface area contributed by atoms with Crippen LogP contribution in [0.3, 0.4) is 0 Å². The number of aromatic hydroxyl groups is 1. The van der Waals surface area contributed by atoms with Gasteiger partial charge in [-0.1, -0.05) is 12.1 Å². The second kappa shape index (κ2) is 4.15. The van der Waals surface area contributed by atoms with Crippen LogP contribution in [0.5, 0.6) is 5.75 Å². The predicted octanol–water partition coefficient (Wildman–Crippen LogP) is 4.23. The van der Waals surface area contributed by atoms with Crippen molar-refractivity contribution in [2.75, 3.05) is 0 Å². The molecule has 4 heteroatoms. The Labute approximate surface area is 119 Å². The third-order valence-corrected chi connectivity index (χ3v) is 4.59. The molecule has 0 bridgehead atoms. The van der Waals surface area contributed by atoms with Gasteiger partial charge in [0.25, 0.3) is 0 Å². The number of benzene rings is 2. The molecule has 0 spiro atoms. The normalized spacial score (nSPS) is 12.2. The topological polar surface area (TPSA) is 33.1 Å². The van der Waals surface area contributed by atoms with Crippen molar-refractivity contribution in [3.05, 3.63) is 58.7 Å². The van der Waals surface area contributed by atoms with Crippen molar-refractivity contribution in [2.45, 2.75) is 6.42 Å². The highest BCUT2D eigenvalue weighted by molar-refractivity contribution is 7.15. The Hall–Kier alpha value is -2.20. The summed E-state index contributed by atoms with van der Waals surface area (Å²) in [6, 6.07) is 12.0. The molecule has 2 nitrogen and oxygen atoms in total. The molecule has 1 aliphatic carbocycles. The van der Waals surface area contributed by atoms with E-state index >= 15 is 0 Å². The molecule has 1 N–H and O–H groups in total. The highest BCUT2D eigenvalue weighted by Crippen LogP contribution is 2.43. The van der Waals surface area contributed by atoms with Crippen LogP contribution < -0.4 is 0 Å². The first-order chi connectivity index (χ1) is 9.72. The molecule has 0 unspecified atom stereocenters. The summed E-state index contributed by atoms with van der Waals surface area (Å²) < 4.78 is 13.2. The maximum Gasteiger partial charge on any atom is 0.128 e. The summed E-state index contributed by atoms with van der Waals surface area (Å²) in [7, 11) is 0. The lowest BCUT2D eigenvalue weighted by atomic mass is 10.1. The zero-order valence-electron chi connectivity index (χ0n) is 10.4. The van der Waals surface area contributed by atoms with Gasteiger partial charge in [0.15, 0.2) is 0 Å². The Morgan fingerprint density at radius 3 is 2.80 bits per heavy atom. The molecule has 98 valence electrons. The molecule has 1 heterocycles. The van der Waals surface area contributed by atoms with Crippen LogP contribution in [-0.4, -0.2) is 10.1 Å². The van der Waals surface area contributed by atoms with Crippen LogP contribution >= 0.6 is 11.3 Å². The van der Waals surface area contributed by atoms with Crippen molar-refractivity contribution >= 4 is 11.3 Å². The number of fused-ring (bicyclic) bond motifs is 3. The van der Waals surface area contributed by atoms with Gasteiger partial charge in [0.2, 0.25) is 0 Å². The molecule has 3 aromatic rings. The van der Waals surface area contributed by atoms with E-state index < -0.39 is 0 Å². The number of rotatable bonds is 1. The van der Waals surface area contributed by atoms with Gasteiger partial charge in [0.1, 0.15) is 16.6 Å². The van der Waals surface area contributed by atoms with Crippen LogP contribution in [0.25, 0.3) is 21.8 Å². The van der Waals surface area contributed by atoms with E-state index in [0.717, 1.165) is 32.3 Å². The highest BCUT2D eigenvalue weighted by Gasteiger charge is 2.24. The first-order valence-corrected chi connectivity index (χ1v) is 7.11. The van der Waals surface area contributed by atoms with Crippen molar-refractivity contribution in [1.82, 2.24) is 4.98 Å². The highest BCUT2D eigenvalue weighted by atomic mass is 32.1. The number of aromatic nitrogens is 1. The van der Waals surface area contributed by atoms with E-state index in [-0.39, 0.29) is 11.6 Å². The molecule has 0 fully saturated rings. The molecular formula is C16H10FNOS. The average Bonchev–Trinajstić information content (AvgIpc) is 2.96. The third-order valence-electron chi connectivity index (χ3n) is 3.51. The molecule has 0 radical (unpaired) electrons. The molecule has 2 aromatic carbocycles. The van der Waals surface area contributed by atoms with Crippen LogP contribution in [-0.2, 0) is 6.42 Å². The van der Waals surface area contributed by atoms with Gasteiger partial charge in [0.05, 0.1) is 11.3 Å². The summed E-state index contributed by atoms with van der Waals surface area (Å²) >= 11 is 1.56. The fraction of sp³-hybridized carbons (Fsp3) is 0.0625. The Morgan fingerprint density at radius 1 is 1.10 bits per heavy atom. The average molecular weight is 283 g/mol. The number of hydrogen-bond donors (Lipinski definition) is 1. The van der Waals surface area contributed by atoms with Gasteiger partial charge in [-0.2, -0.15) is 0 Å². The third kappa shape index (κ3) is 1.65. The minimum atomic E-state index is -0.208. The number of phenols is 1. The van der Waals surface area contributed by atoms with Crippen LogP contribution in [0.15, 0.2) is 42.5 Å². The Bertz CT molecular complexity index is 825. The van der Waals surface area contributed by atoms with E-state index in [0.29, 0.717) is 6.42 Å². The number of para-hydroxylation sites is 1. The van der Waals surface area contributed by atoms with Crippen LogP contribution in [0.4, 0.5) is 4.39 Å². The minimum Gasteiger partial charge on any atom is -0.507 e. The smallest absolute Gasteiger partial charge is 0.128 e. The van der Waals surface area contributed by atoms with Crippen LogP contribution in [0.1, 0.15) is 10.4 Å². The summed E-state index contributed by atoms with van der Waals surface area (Å²) in [6.07, 6.45) is 0.716. The van der Waals surface area contributed by atoms with Gasteiger partial charge in [-0.25, -0.2) is 9.37 Å². The summed E-state index contributed by atoms with van der Waals surface area (Å²) in [5.41, 5.74) is 3.65. The largest absolute Gasteiger partial charge is 0.507 e. The number of thiazole rings is 1. The van der Waals surface area contributed by atoms with Gasteiger partial charge in [-0.15, -0.1) is 11.3 Å². The van der Waals surface area contributed by atoms with Crippen molar-refractivity contribution in [3.63, 3.8) is 0 Å². The Kier molecular flexibility index (Phi) is 2.41. The molecule has 0 aliphatic heterocycles. The molecule has 4 rings (SSSR count). The lowest BCUT2D eigenvalue weighted by Gasteiger charge is -2.01. The maximum absolute atomic E-state index is 13.2. The molecule has 20 heavy (non-hydrogen) atoms. The van der Waals surface area contributed by atoms with Gasteiger partial charge >= 0.3 is 0 Å². The fourth-order valence-electron chi connectivity index (χ4n) is 2.56. The predicted molar refractivity (Wildman–Crippen MR) is 77.4 cm³/mol. The second-order valence-corrected chi connectivity index (χ2v) is 5.87. The number of phenolic OH excluding ortho intramolecular Hbond substituents is 1. The standard InChI is InChI=1S/C16H10FNOS/c17-10-5-6-11-9(7-10)8-14-15(11)18-16(20-14)12-3-1-2-4-13(12)19/h1-7,19H,8H2. The van der Waals surface area contributed by atoms with Crippen molar-refractivity contribution in [3.8, 4) is 27.6 Å². The van der Waals surface area contributed by atoms with Crippen molar-refractivity contribution < 1.29 is 9.50 Å². The zero-order chi connectivity index (χ0) is 13.7. The molecule has 1 aromatic heterocycles. The van der Waals surface area contributed by atoms with Crippen LogP contribution in [0.2, 0.25) is 0 Å². The Morgan fingerprint density at radius 2 is 1.95 bits per heavy atom. The van der Waals surface area contributed by atoms with Crippen LogP contribution in [0, 0.1) is 5.82 Å². The lowest BCUT2D eigenvalue weighted by Crippen LogP contribution is -1.84. The first kappa shape index (κ1) is 11.6. The van der Waals surface area contributed by atoms with E-state index in [1.165, 1.54) is 6.07 Å². The summed E-state index contributed by atoms with van der Waals surface area (Å²) in [6.45, 7) is 0. The van der Waals surface area contributed by atoms with E-state index in [4.69, 9.17) is 0 Å². The maximum atomic E-state index is 13.2. The molecule has 0 saturated heterocycles. The molecule has 0 atom stereocenters. The van der Waals surface area contributed by atoms with Gasteiger partial charge in [-0.05, 0) is 35.9 Å². The molecular weight excluding hydrogens is 273 g/mol. The minimum absolute atomic E-state index is 0.208. The van der Waals surface area contributed by atoms with E-state index in [9.17, 15) is 9.50 Å². The summed E-state index contributed by atoms with van der Waals surface area (Å²) in [5, 5.41) is 10.7. The molecule has 1 aliphatic rings. The molecule has 0 saturated carbocycles. The van der Waals surface area contributed by atoms with Crippen molar-refractivity contribution in [1.29, 1.82) is 0 Å². The number of hydrogen-bond acceptors (Lipinski definition) is 3. The molecule has 0 amide bonds. The zero-order valence-corrected chi connectivity index (χ0v) is 11.2. The monoisotopic (exact) mass is 283 g/mol. The van der Waals surface area contributed by atoms with E-state index in [1.807, 2.05) is 12.1 Å². The summed E-state index contributed by atoms with van der Waals surface area (Å²) in [5.74, 6) is 0.0269. The fourth-order valence-corrected chi connectivity index (χ4v) is 3.70. The van der Waals surface area contributed by atoms with Crippen molar-refractivity contribution in [2.24, 2.45) is 0 Å². The van der Waals surface area contributed by atoms with E-state index in [1.54, 1.807) is 35.6 Å². The van der Waals surface area contributed by atoms with Gasteiger partial charge in [0, 0.05) is 16.9 Å². The first-order valence-electron chi connectivity index (χ1n) is 6.29. The summed E-state index contributed by atoms with van der Waals surface area (Å²) in [4.78, 5) is 5.76. The van der Waals surface area contributed by atoms with E-state index in [2.05, 4.69) is 4.98 Å². The lowest BCUT2D eigenvalue weighted by molar-refractivity contribution is 0.477. The number of nitrogens with zero attached hydrogens (tertiary/aromatic N) is 1. The second-order valence-electron chi connectivity index (χ2n) is 4.79. The van der Waals surface area contributed by atoms with Gasteiger partial charge < -0.3 is 5.11 Å². The number of halogens is 1. The SMILES string of the molecule is Oc1ccccc1-c1nc2c(s1)Cc1cc(F)ccc1-2. The Balaban J connectivity index is 1.85.